The molecule has 1 aromatic rings. The van der Waals surface area contributed by atoms with Gasteiger partial charge in [0.2, 0.25) is 0 Å². The van der Waals surface area contributed by atoms with Crippen molar-refractivity contribution < 1.29 is 13.9 Å². The Morgan fingerprint density at radius 1 is 1.56 bits per heavy atom. The molecule has 0 aliphatic carbocycles. The molecule has 0 radical (unpaired) electrons. The molecule has 1 aliphatic rings. The number of carbonyl (C=O) groups is 1. The summed E-state index contributed by atoms with van der Waals surface area (Å²) in [6.45, 7) is 5.06. The Kier molecular flexibility index (Phi) is 3.52. The third-order valence-electron chi connectivity index (χ3n) is 3.16. The van der Waals surface area contributed by atoms with Crippen molar-refractivity contribution in [3.63, 3.8) is 0 Å². The third kappa shape index (κ3) is 2.46. The Labute approximate surface area is 106 Å². The van der Waals surface area contributed by atoms with Gasteiger partial charge in [0.15, 0.2) is 0 Å². The zero-order valence-corrected chi connectivity index (χ0v) is 10.6. The zero-order chi connectivity index (χ0) is 13.3. The van der Waals surface area contributed by atoms with Gasteiger partial charge in [0.25, 0.3) is 5.91 Å². The number of halogens is 1. The zero-order valence-electron chi connectivity index (χ0n) is 10.6. The molecule has 1 heterocycles. The van der Waals surface area contributed by atoms with Crippen LogP contribution in [0.4, 0.5) is 10.1 Å². The molecule has 0 spiro atoms. The van der Waals surface area contributed by atoms with Crippen LogP contribution in [0.15, 0.2) is 12.1 Å². The number of nitrogens with zero attached hydrogens (tertiary/aromatic N) is 1. The summed E-state index contributed by atoms with van der Waals surface area (Å²) in [4.78, 5) is 13.9. The quantitative estimate of drug-likeness (QED) is 0.772. The minimum atomic E-state index is -0.445. The largest absolute Gasteiger partial charge is 0.398 e. The molecule has 1 aromatic carbocycles. The van der Waals surface area contributed by atoms with Crippen LogP contribution in [-0.4, -0.2) is 36.6 Å². The molecule has 1 saturated heterocycles. The maximum atomic E-state index is 13.6. The number of nitrogens with two attached hydrogens (primary N) is 1. The molecule has 98 valence electrons. The summed E-state index contributed by atoms with van der Waals surface area (Å²) in [6.07, 6.45) is 0.00958. The van der Waals surface area contributed by atoms with Gasteiger partial charge in [-0.05, 0) is 26.0 Å². The number of hydrogen-bond donors (Lipinski definition) is 1. The van der Waals surface area contributed by atoms with Crippen molar-refractivity contribution in [3.05, 3.63) is 29.1 Å². The number of hydrogen-bond acceptors (Lipinski definition) is 3. The van der Waals surface area contributed by atoms with E-state index in [0.717, 1.165) is 0 Å². The third-order valence-corrected chi connectivity index (χ3v) is 3.16. The fraction of sp³-hybridized carbons (Fsp3) is 0.462. The predicted octanol–water partition coefficient (Wildman–Crippen LogP) is 1.58. The van der Waals surface area contributed by atoms with Crippen molar-refractivity contribution in [2.75, 3.05) is 25.4 Å². The molecule has 1 unspecified atom stereocenters. The molecule has 4 nitrogen and oxygen atoms in total. The molecule has 2 rings (SSSR count). The van der Waals surface area contributed by atoms with Gasteiger partial charge in [0.1, 0.15) is 5.82 Å². The molecule has 1 atom stereocenters. The number of rotatable bonds is 1. The molecule has 1 amide bonds. The monoisotopic (exact) mass is 252 g/mol. The first-order valence-corrected chi connectivity index (χ1v) is 5.95. The van der Waals surface area contributed by atoms with Gasteiger partial charge >= 0.3 is 0 Å². The summed E-state index contributed by atoms with van der Waals surface area (Å²) in [5.74, 6) is -0.643. The van der Waals surface area contributed by atoms with Crippen LogP contribution in [0.25, 0.3) is 0 Å². The van der Waals surface area contributed by atoms with E-state index in [4.69, 9.17) is 10.5 Å². The molecular weight excluding hydrogens is 235 g/mol. The maximum absolute atomic E-state index is 13.6. The Morgan fingerprint density at radius 3 is 2.89 bits per heavy atom. The highest BCUT2D eigenvalue weighted by atomic mass is 19.1. The molecule has 0 aromatic heterocycles. The highest BCUT2D eigenvalue weighted by Crippen LogP contribution is 2.19. The molecule has 1 aliphatic heterocycles. The van der Waals surface area contributed by atoms with Crippen molar-refractivity contribution in [1.29, 1.82) is 0 Å². The van der Waals surface area contributed by atoms with E-state index in [1.807, 2.05) is 6.92 Å². The molecule has 1 fully saturated rings. The van der Waals surface area contributed by atoms with Crippen LogP contribution in [0.3, 0.4) is 0 Å². The summed E-state index contributed by atoms with van der Waals surface area (Å²) in [7, 11) is 0. The molecule has 5 heteroatoms. The maximum Gasteiger partial charge on any atom is 0.254 e. The fourth-order valence-corrected chi connectivity index (χ4v) is 2.01. The normalized spacial score (nSPS) is 19.9. The fourth-order valence-electron chi connectivity index (χ4n) is 2.01. The number of amides is 1. The van der Waals surface area contributed by atoms with E-state index >= 15 is 0 Å². The van der Waals surface area contributed by atoms with E-state index in [1.54, 1.807) is 11.8 Å². The smallest absolute Gasteiger partial charge is 0.254 e. The van der Waals surface area contributed by atoms with Crippen LogP contribution >= 0.6 is 0 Å². The minimum Gasteiger partial charge on any atom is -0.398 e. The second-order valence-electron chi connectivity index (χ2n) is 4.60. The van der Waals surface area contributed by atoms with Gasteiger partial charge in [-0.25, -0.2) is 4.39 Å². The van der Waals surface area contributed by atoms with Gasteiger partial charge in [-0.3, -0.25) is 4.79 Å². The van der Waals surface area contributed by atoms with Gasteiger partial charge < -0.3 is 15.4 Å². The number of nitrogen functional groups attached to an aromatic ring is 1. The summed E-state index contributed by atoms with van der Waals surface area (Å²) in [6, 6.07) is 2.77. The van der Waals surface area contributed by atoms with E-state index in [0.29, 0.717) is 36.5 Å². The standard InChI is InChI=1S/C13H17FN2O2/c1-8-7-16(3-4-18-8)13(17)10-5-11(14)9(2)12(15)6-10/h5-6,8H,3-4,7,15H2,1-2H3. The van der Waals surface area contributed by atoms with Gasteiger partial charge in [0, 0.05) is 29.9 Å². The van der Waals surface area contributed by atoms with Gasteiger partial charge in [0.05, 0.1) is 12.7 Å². The van der Waals surface area contributed by atoms with Gasteiger partial charge in [-0.15, -0.1) is 0 Å². The SMILES string of the molecule is Cc1c(N)cc(C(=O)N2CCOC(C)C2)cc1F. The Bertz CT molecular complexity index is 453. The highest BCUT2D eigenvalue weighted by molar-refractivity contribution is 5.95. The van der Waals surface area contributed by atoms with E-state index in [-0.39, 0.29) is 12.0 Å². The Morgan fingerprint density at radius 2 is 2.28 bits per heavy atom. The van der Waals surface area contributed by atoms with Crippen molar-refractivity contribution in [3.8, 4) is 0 Å². The average molecular weight is 252 g/mol. The molecule has 0 saturated carbocycles. The first-order chi connectivity index (χ1) is 8.49. The van der Waals surface area contributed by atoms with E-state index in [9.17, 15) is 9.18 Å². The number of morpholine rings is 1. The number of anilines is 1. The van der Waals surface area contributed by atoms with E-state index in [1.165, 1.54) is 12.1 Å². The lowest BCUT2D eigenvalue weighted by Gasteiger charge is -2.31. The van der Waals surface area contributed by atoms with Crippen LogP contribution in [0.2, 0.25) is 0 Å². The topological polar surface area (TPSA) is 55.6 Å². The first-order valence-electron chi connectivity index (χ1n) is 5.95. The number of benzene rings is 1. The van der Waals surface area contributed by atoms with E-state index < -0.39 is 5.82 Å². The first kappa shape index (κ1) is 12.8. The van der Waals surface area contributed by atoms with Crippen LogP contribution < -0.4 is 5.73 Å². The van der Waals surface area contributed by atoms with Gasteiger partial charge in [-0.2, -0.15) is 0 Å². The summed E-state index contributed by atoms with van der Waals surface area (Å²) in [5.41, 5.74) is 6.66. The van der Waals surface area contributed by atoms with Crippen molar-refractivity contribution in [1.82, 2.24) is 4.90 Å². The van der Waals surface area contributed by atoms with Crippen molar-refractivity contribution in [2.45, 2.75) is 20.0 Å². The summed E-state index contributed by atoms with van der Waals surface area (Å²) < 4.78 is 18.9. The minimum absolute atomic E-state index is 0.00958. The molecular formula is C13H17FN2O2. The lowest BCUT2D eigenvalue weighted by molar-refractivity contribution is -0.0124. The molecule has 0 bridgehead atoms. The lowest BCUT2D eigenvalue weighted by Crippen LogP contribution is -2.44. The Balaban J connectivity index is 2.23. The van der Waals surface area contributed by atoms with Crippen LogP contribution in [0.1, 0.15) is 22.8 Å². The highest BCUT2D eigenvalue weighted by Gasteiger charge is 2.23. The van der Waals surface area contributed by atoms with Gasteiger partial charge in [-0.1, -0.05) is 0 Å². The number of carbonyl (C=O) groups excluding carboxylic acids is 1. The summed E-state index contributed by atoms with van der Waals surface area (Å²) >= 11 is 0. The second kappa shape index (κ2) is 4.94. The van der Waals surface area contributed by atoms with Crippen molar-refractivity contribution in [2.24, 2.45) is 0 Å². The number of ether oxygens (including phenoxy) is 1. The lowest BCUT2D eigenvalue weighted by atomic mass is 10.1. The predicted molar refractivity (Wildman–Crippen MR) is 66.9 cm³/mol. The van der Waals surface area contributed by atoms with Crippen LogP contribution in [0, 0.1) is 12.7 Å². The summed E-state index contributed by atoms with van der Waals surface area (Å²) in [5, 5.41) is 0. The second-order valence-corrected chi connectivity index (χ2v) is 4.60. The van der Waals surface area contributed by atoms with Crippen LogP contribution in [0.5, 0.6) is 0 Å². The average Bonchev–Trinajstić information content (AvgIpc) is 2.34. The molecule has 18 heavy (non-hydrogen) atoms. The van der Waals surface area contributed by atoms with E-state index in [2.05, 4.69) is 0 Å². The van der Waals surface area contributed by atoms with Crippen molar-refractivity contribution >= 4 is 11.6 Å². The van der Waals surface area contributed by atoms with Crippen LogP contribution in [-0.2, 0) is 4.74 Å². The Hall–Kier alpha value is -1.62. The molecule has 2 N–H and O–H groups in total.